The number of halogens is 1. The molecule has 3 N–H and O–H groups in total. The van der Waals surface area contributed by atoms with E-state index < -0.39 is 6.04 Å². The molecule has 1 aromatic carbocycles. The van der Waals surface area contributed by atoms with Crippen molar-refractivity contribution in [2.24, 2.45) is 5.92 Å². The van der Waals surface area contributed by atoms with Gasteiger partial charge in [0, 0.05) is 11.4 Å². The Morgan fingerprint density at radius 2 is 2.03 bits per heavy atom. The van der Waals surface area contributed by atoms with Crippen molar-refractivity contribution in [3.05, 3.63) is 47.3 Å². The molecule has 35 heavy (non-hydrogen) atoms. The highest BCUT2D eigenvalue weighted by molar-refractivity contribution is 9.10. The molecule has 1 unspecified atom stereocenters. The Hall–Kier alpha value is -3.73. The van der Waals surface area contributed by atoms with Crippen molar-refractivity contribution < 1.29 is 14.3 Å². The van der Waals surface area contributed by atoms with Gasteiger partial charge in [0.1, 0.15) is 46.5 Å². The molecule has 2 amide bonds. The van der Waals surface area contributed by atoms with Gasteiger partial charge in [0.25, 0.3) is 0 Å². The van der Waals surface area contributed by atoms with Crippen LogP contribution < -0.4 is 15.8 Å². The van der Waals surface area contributed by atoms with E-state index in [1.807, 2.05) is 22.8 Å². The van der Waals surface area contributed by atoms with E-state index >= 15 is 0 Å². The number of para-hydroxylation sites is 1. The van der Waals surface area contributed by atoms with Gasteiger partial charge in [-0.1, -0.05) is 18.2 Å². The van der Waals surface area contributed by atoms with Gasteiger partial charge in [-0.05, 0) is 52.9 Å². The fourth-order valence-electron chi connectivity index (χ4n) is 5.23. The number of anilines is 2. The van der Waals surface area contributed by atoms with Gasteiger partial charge in [-0.3, -0.25) is 9.59 Å². The van der Waals surface area contributed by atoms with E-state index in [1.165, 1.54) is 6.33 Å². The number of likely N-dealkylation sites (tertiary alicyclic amines) is 1. The van der Waals surface area contributed by atoms with Gasteiger partial charge < -0.3 is 25.3 Å². The molecule has 3 atom stereocenters. The first-order chi connectivity index (χ1) is 17.0. The molecule has 1 aliphatic carbocycles. The van der Waals surface area contributed by atoms with Crippen LogP contribution in [0, 0.1) is 5.92 Å². The van der Waals surface area contributed by atoms with Gasteiger partial charge in [0.2, 0.25) is 11.8 Å². The number of benzene rings is 1. The van der Waals surface area contributed by atoms with Gasteiger partial charge in [-0.15, -0.1) is 0 Å². The van der Waals surface area contributed by atoms with E-state index in [4.69, 9.17) is 10.5 Å². The lowest BCUT2D eigenvalue weighted by molar-refractivity contribution is -0.138. The minimum atomic E-state index is -0.554. The van der Waals surface area contributed by atoms with Crippen molar-refractivity contribution in [2.75, 3.05) is 18.2 Å². The fraction of sp³-hybridized carbons (Fsp3) is 0.292. The zero-order valence-corrected chi connectivity index (χ0v) is 20.4. The normalized spacial score (nSPS) is 20.7. The molecule has 2 aliphatic rings. The van der Waals surface area contributed by atoms with Crippen LogP contribution in [0.3, 0.4) is 0 Å². The number of carbonyl (C=O) groups excluding carboxylic acids is 2. The van der Waals surface area contributed by atoms with Crippen molar-refractivity contribution >= 4 is 61.3 Å². The van der Waals surface area contributed by atoms with E-state index in [9.17, 15) is 9.59 Å². The molecular formula is C24H22BrN7O3. The maximum absolute atomic E-state index is 13.7. The summed E-state index contributed by atoms with van der Waals surface area (Å²) < 4.78 is 8.03. The third-order valence-corrected chi connectivity index (χ3v) is 7.27. The number of nitrogens with zero attached hydrogens (tertiary/aromatic N) is 5. The standard InChI is InChI=1S/C24H22BrN7O3/c1-35-16-5-2-4-13-20-22(26)27-11-28-23(20)31(21(13)16)10-19(33)32-14-8-12(14)9-15(32)24(34)30-18-7-3-6-17(25)29-18/h2-7,11-12,14-15H,8-10H2,1H3,(H2,26,27,28)(H,29,30,34)/t12?,14-,15+/m1/s1. The van der Waals surface area contributed by atoms with Crippen LogP contribution in [0.2, 0.25) is 0 Å². The van der Waals surface area contributed by atoms with Gasteiger partial charge in [0.15, 0.2) is 0 Å². The summed E-state index contributed by atoms with van der Waals surface area (Å²) in [6.45, 7) is -0.00103. The third kappa shape index (κ3) is 3.57. The van der Waals surface area contributed by atoms with E-state index in [0.717, 1.165) is 17.3 Å². The fourth-order valence-corrected chi connectivity index (χ4v) is 5.58. The molecule has 4 heterocycles. The maximum atomic E-state index is 13.7. The molecule has 0 bridgehead atoms. The van der Waals surface area contributed by atoms with Crippen molar-refractivity contribution in [1.29, 1.82) is 0 Å². The minimum absolute atomic E-state index is 0.00103. The quantitative estimate of drug-likeness (QED) is 0.376. The van der Waals surface area contributed by atoms with Crippen molar-refractivity contribution in [1.82, 2.24) is 24.4 Å². The van der Waals surface area contributed by atoms with E-state index in [1.54, 1.807) is 30.2 Å². The first kappa shape index (κ1) is 21.8. The number of amides is 2. The Bertz CT molecular complexity index is 1500. The van der Waals surface area contributed by atoms with Crippen LogP contribution in [0.5, 0.6) is 5.75 Å². The summed E-state index contributed by atoms with van der Waals surface area (Å²) in [5.41, 5.74) is 7.46. The number of nitrogens with one attached hydrogen (secondary N) is 1. The van der Waals surface area contributed by atoms with Crippen LogP contribution in [0.15, 0.2) is 47.3 Å². The highest BCUT2D eigenvalue weighted by Gasteiger charge is 2.56. The Balaban J connectivity index is 1.35. The monoisotopic (exact) mass is 535 g/mol. The van der Waals surface area contributed by atoms with Crippen LogP contribution in [0.4, 0.5) is 11.6 Å². The Morgan fingerprint density at radius 1 is 1.20 bits per heavy atom. The summed E-state index contributed by atoms with van der Waals surface area (Å²) in [6.07, 6.45) is 2.94. The van der Waals surface area contributed by atoms with E-state index in [2.05, 4.69) is 36.2 Å². The molecule has 0 radical (unpaired) electrons. The number of rotatable bonds is 5. The number of carbonyl (C=O) groups is 2. The number of aromatic nitrogens is 4. The first-order valence-electron chi connectivity index (χ1n) is 11.3. The second-order valence-corrected chi connectivity index (χ2v) is 9.66. The number of piperidine rings is 1. The highest BCUT2D eigenvalue weighted by atomic mass is 79.9. The first-order valence-corrected chi connectivity index (χ1v) is 12.1. The highest BCUT2D eigenvalue weighted by Crippen LogP contribution is 2.48. The molecule has 4 aromatic rings. The molecule has 11 heteroatoms. The number of fused-ring (bicyclic) bond motifs is 4. The minimum Gasteiger partial charge on any atom is -0.495 e. The van der Waals surface area contributed by atoms with Crippen LogP contribution in [0.25, 0.3) is 21.9 Å². The Labute approximate surface area is 208 Å². The predicted octanol–water partition coefficient (Wildman–Crippen LogP) is 2.96. The average Bonchev–Trinajstić information content (AvgIpc) is 3.38. The van der Waals surface area contributed by atoms with Crippen LogP contribution in [0.1, 0.15) is 12.8 Å². The van der Waals surface area contributed by atoms with E-state index in [-0.39, 0.29) is 24.4 Å². The maximum Gasteiger partial charge on any atom is 0.248 e. The lowest BCUT2D eigenvalue weighted by Crippen LogP contribution is -2.46. The SMILES string of the molecule is COc1cccc2c3c(N)ncnc3n(CC(=O)N3[C@@H]4CC4C[C@H]3C(=O)Nc3cccc(Br)n3)c12. The van der Waals surface area contributed by atoms with Gasteiger partial charge in [-0.2, -0.15) is 0 Å². The molecule has 0 spiro atoms. The number of ether oxygens (including phenoxy) is 1. The second kappa shape index (κ2) is 8.19. The molecule has 178 valence electrons. The number of pyridine rings is 1. The molecule has 1 saturated carbocycles. The third-order valence-electron chi connectivity index (χ3n) is 6.83. The Morgan fingerprint density at radius 3 is 2.83 bits per heavy atom. The predicted molar refractivity (Wildman–Crippen MR) is 134 cm³/mol. The Kier molecular flexibility index (Phi) is 5.10. The van der Waals surface area contributed by atoms with Crippen LogP contribution in [-0.4, -0.2) is 55.4 Å². The van der Waals surface area contributed by atoms with Crippen LogP contribution >= 0.6 is 15.9 Å². The number of methoxy groups -OCH3 is 1. The van der Waals surface area contributed by atoms with E-state index in [0.29, 0.717) is 45.4 Å². The molecule has 3 aromatic heterocycles. The van der Waals surface area contributed by atoms with Crippen molar-refractivity contribution in [2.45, 2.75) is 31.5 Å². The summed E-state index contributed by atoms with van der Waals surface area (Å²) in [7, 11) is 1.58. The lowest BCUT2D eigenvalue weighted by atomic mass is 10.1. The molecule has 10 nitrogen and oxygen atoms in total. The van der Waals surface area contributed by atoms with Gasteiger partial charge >= 0.3 is 0 Å². The topological polar surface area (TPSA) is 128 Å². The average molecular weight is 536 g/mol. The molecule has 1 saturated heterocycles. The summed E-state index contributed by atoms with van der Waals surface area (Å²) >= 11 is 3.32. The van der Waals surface area contributed by atoms with Gasteiger partial charge in [0.05, 0.1) is 18.0 Å². The summed E-state index contributed by atoms with van der Waals surface area (Å²) in [5, 5.41) is 4.34. The summed E-state index contributed by atoms with van der Waals surface area (Å²) in [5.74, 6) is 1.34. The van der Waals surface area contributed by atoms with Crippen LogP contribution in [-0.2, 0) is 16.1 Å². The number of nitrogen functional groups attached to an aromatic ring is 1. The number of hydrogen-bond donors (Lipinski definition) is 2. The number of hydrogen-bond acceptors (Lipinski definition) is 7. The summed E-state index contributed by atoms with van der Waals surface area (Å²) in [4.78, 5) is 41.5. The molecular weight excluding hydrogens is 514 g/mol. The zero-order valence-electron chi connectivity index (χ0n) is 18.8. The van der Waals surface area contributed by atoms with Crippen molar-refractivity contribution in [3.63, 3.8) is 0 Å². The summed E-state index contributed by atoms with van der Waals surface area (Å²) in [6, 6.07) is 10.4. The smallest absolute Gasteiger partial charge is 0.248 e. The molecule has 2 fully saturated rings. The molecule has 6 rings (SSSR count). The number of nitrogens with two attached hydrogens (primary N) is 1. The second-order valence-electron chi connectivity index (χ2n) is 8.85. The van der Waals surface area contributed by atoms with Gasteiger partial charge in [-0.25, -0.2) is 15.0 Å². The largest absolute Gasteiger partial charge is 0.495 e. The van der Waals surface area contributed by atoms with Crippen molar-refractivity contribution in [3.8, 4) is 5.75 Å². The zero-order chi connectivity index (χ0) is 24.3. The lowest BCUT2D eigenvalue weighted by Gasteiger charge is -2.27. The molecule has 1 aliphatic heterocycles.